The second-order valence-corrected chi connectivity index (χ2v) is 6.54. The molecule has 0 aliphatic rings. The lowest BCUT2D eigenvalue weighted by atomic mass is 10.2. The van der Waals surface area contributed by atoms with Gasteiger partial charge in [0.15, 0.2) is 5.82 Å². The zero-order valence-corrected chi connectivity index (χ0v) is 12.4. The van der Waals surface area contributed by atoms with Gasteiger partial charge in [0, 0.05) is 0 Å². The molecule has 1 N–H and O–H groups in total. The van der Waals surface area contributed by atoms with Crippen LogP contribution in [0.3, 0.4) is 0 Å². The van der Waals surface area contributed by atoms with Crippen LogP contribution in [0.2, 0.25) is 0 Å². The predicted molar refractivity (Wildman–Crippen MR) is 77.3 cm³/mol. The third kappa shape index (κ3) is 4.60. The number of sulfonamides is 1. The maximum atomic E-state index is 11.9. The van der Waals surface area contributed by atoms with Gasteiger partial charge in [0.25, 0.3) is 0 Å². The lowest BCUT2D eigenvalue weighted by molar-refractivity contribution is 0.600. The van der Waals surface area contributed by atoms with Crippen molar-refractivity contribution >= 4 is 31.8 Å². The average molecular weight is 342 g/mol. The van der Waals surface area contributed by atoms with Gasteiger partial charge in [0.2, 0.25) is 10.0 Å². The summed E-state index contributed by atoms with van der Waals surface area (Å²) in [5.41, 5.74) is 0.981. The third-order valence-electron chi connectivity index (χ3n) is 2.38. The molecule has 7 heteroatoms. The zero-order chi connectivity index (χ0) is 13.7. The van der Waals surface area contributed by atoms with E-state index in [2.05, 4.69) is 30.6 Å². The Bertz CT molecular complexity index is 630. The number of nitrogens with zero attached hydrogens (tertiary/aromatic N) is 2. The summed E-state index contributed by atoms with van der Waals surface area (Å²) in [7, 11) is -3.41. The summed E-state index contributed by atoms with van der Waals surface area (Å²) >= 11 is 3.14. The van der Waals surface area contributed by atoms with Crippen LogP contribution in [-0.2, 0) is 16.4 Å². The first kappa shape index (κ1) is 14.0. The molecule has 0 aliphatic heterocycles. The van der Waals surface area contributed by atoms with Gasteiger partial charge in [-0.3, -0.25) is 4.72 Å². The summed E-state index contributed by atoms with van der Waals surface area (Å²) in [6.45, 7) is 0. The highest BCUT2D eigenvalue weighted by Crippen LogP contribution is 2.09. The number of anilines is 1. The van der Waals surface area contributed by atoms with Gasteiger partial charge in [-0.1, -0.05) is 30.3 Å². The molecule has 0 unspecified atom stereocenters. The minimum Gasteiger partial charge on any atom is -0.266 e. The molecule has 100 valence electrons. The first-order valence-corrected chi connectivity index (χ1v) is 8.02. The van der Waals surface area contributed by atoms with Crippen molar-refractivity contribution in [2.75, 3.05) is 10.5 Å². The summed E-state index contributed by atoms with van der Waals surface area (Å²) in [5.74, 6) is 0.227. The molecular weight excluding hydrogens is 330 g/mol. The maximum absolute atomic E-state index is 11.9. The van der Waals surface area contributed by atoms with Crippen LogP contribution >= 0.6 is 15.9 Å². The van der Waals surface area contributed by atoms with Crippen LogP contribution in [0.1, 0.15) is 5.56 Å². The standard InChI is InChI=1S/C12H12BrN3O2S/c13-11-8-15-12(9-14-11)16-19(17,18)7-6-10-4-2-1-3-5-10/h1-5,8-9H,6-7H2,(H,15,16). The summed E-state index contributed by atoms with van der Waals surface area (Å²) in [6.07, 6.45) is 3.26. The van der Waals surface area contributed by atoms with Crippen LogP contribution in [0.5, 0.6) is 0 Å². The van der Waals surface area contributed by atoms with Crippen molar-refractivity contribution in [2.45, 2.75) is 6.42 Å². The lowest BCUT2D eigenvalue weighted by Crippen LogP contribution is -2.19. The van der Waals surface area contributed by atoms with Gasteiger partial charge >= 0.3 is 0 Å². The Morgan fingerprint density at radius 2 is 1.84 bits per heavy atom. The number of benzene rings is 1. The van der Waals surface area contributed by atoms with E-state index in [1.807, 2.05) is 30.3 Å². The van der Waals surface area contributed by atoms with Crippen molar-refractivity contribution in [1.29, 1.82) is 0 Å². The van der Waals surface area contributed by atoms with Gasteiger partial charge < -0.3 is 0 Å². The number of nitrogens with one attached hydrogen (secondary N) is 1. The van der Waals surface area contributed by atoms with E-state index >= 15 is 0 Å². The zero-order valence-electron chi connectivity index (χ0n) is 9.95. The number of rotatable bonds is 5. The topological polar surface area (TPSA) is 72.0 Å². The molecule has 2 rings (SSSR count). The van der Waals surface area contributed by atoms with E-state index in [-0.39, 0.29) is 11.6 Å². The smallest absolute Gasteiger partial charge is 0.234 e. The fourth-order valence-corrected chi connectivity index (χ4v) is 2.71. The van der Waals surface area contributed by atoms with E-state index in [1.165, 1.54) is 12.4 Å². The Balaban J connectivity index is 1.97. The summed E-state index contributed by atoms with van der Waals surface area (Å²) < 4.78 is 26.7. The average Bonchev–Trinajstić information content (AvgIpc) is 2.40. The minimum atomic E-state index is -3.41. The van der Waals surface area contributed by atoms with Crippen LogP contribution in [-0.4, -0.2) is 24.1 Å². The molecule has 0 bridgehead atoms. The Morgan fingerprint density at radius 1 is 1.11 bits per heavy atom. The first-order valence-electron chi connectivity index (χ1n) is 5.57. The maximum Gasteiger partial charge on any atom is 0.234 e. The van der Waals surface area contributed by atoms with E-state index in [4.69, 9.17) is 0 Å². The van der Waals surface area contributed by atoms with Crippen molar-refractivity contribution in [3.63, 3.8) is 0 Å². The number of halogens is 1. The number of aromatic nitrogens is 2. The van der Waals surface area contributed by atoms with Gasteiger partial charge in [-0.2, -0.15) is 0 Å². The Hall–Kier alpha value is -1.47. The van der Waals surface area contributed by atoms with E-state index in [0.717, 1.165) is 5.56 Å². The van der Waals surface area contributed by atoms with Crippen molar-refractivity contribution in [1.82, 2.24) is 9.97 Å². The molecule has 2 aromatic rings. The highest BCUT2D eigenvalue weighted by atomic mass is 79.9. The molecule has 0 amide bonds. The molecule has 0 radical (unpaired) electrons. The Kier molecular flexibility index (Phi) is 4.49. The quantitative estimate of drug-likeness (QED) is 0.904. The largest absolute Gasteiger partial charge is 0.266 e. The second-order valence-electron chi connectivity index (χ2n) is 3.88. The van der Waals surface area contributed by atoms with Gasteiger partial charge in [0.05, 0.1) is 18.1 Å². The summed E-state index contributed by atoms with van der Waals surface area (Å²) in [6, 6.07) is 9.46. The molecule has 1 aromatic carbocycles. The highest BCUT2D eigenvalue weighted by molar-refractivity contribution is 9.10. The Morgan fingerprint density at radius 3 is 2.47 bits per heavy atom. The van der Waals surface area contributed by atoms with Crippen molar-refractivity contribution in [2.24, 2.45) is 0 Å². The fourth-order valence-electron chi connectivity index (χ4n) is 1.47. The van der Waals surface area contributed by atoms with Crippen molar-refractivity contribution in [3.8, 4) is 0 Å². The van der Waals surface area contributed by atoms with Crippen LogP contribution in [0.15, 0.2) is 47.3 Å². The van der Waals surface area contributed by atoms with Gasteiger partial charge in [-0.25, -0.2) is 18.4 Å². The van der Waals surface area contributed by atoms with E-state index in [1.54, 1.807) is 0 Å². The van der Waals surface area contributed by atoms with Crippen LogP contribution < -0.4 is 4.72 Å². The van der Waals surface area contributed by atoms with Crippen molar-refractivity contribution in [3.05, 3.63) is 52.9 Å². The summed E-state index contributed by atoms with van der Waals surface area (Å²) in [5, 5.41) is 0. The van der Waals surface area contributed by atoms with Crippen LogP contribution in [0, 0.1) is 0 Å². The minimum absolute atomic E-state index is 0.00869. The molecule has 0 aliphatic carbocycles. The fraction of sp³-hybridized carbons (Fsp3) is 0.167. The molecule has 19 heavy (non-hydrogen) atoms. The number of hydrogen-bond acceptors (Lipinski definition) is 4. The van der Waals surface area contributed by atoms with Gasteiger partial charge in [-0.15, -0.1) is 0 Å². The Labute approximate surface area is 120 Å². The van der Waals surface area contributed by atoms with E-state index < -0.39 is 10.0 Å². The lowest BCUT2D eigenvalue weighted by Gasteiger charge is -2.06. The van der Waals surface area contributed by atoms with Crippen LogP contribution in [0.25, 0.3) is 0 Å². The van der Waals surface area contributed by atoms with Crippen molar-refractivity contribution < 1.29 is 8.42 Å². The SMILES string of the molecule is O=S(=O)(CCc1ccccc1)Nc1cnc(Br)cn1. The summed E-state index contributed by atoms with van der Waals surface area (Å²) in [4.78, 5) is 7.83. The molecule has 1 aromatic heterocycles. The van der Waals surface area contributed by atoms with E-state index in [0.29, 0.717) is 11.0 Å². The third-order valence-corrected chi connectivity index (χ3v) is 4.05. The molecule has 0 atom stereocenters. The molecule has 0 saturated carbocycles. The number of aryl methyl sites for hydroxylation is 1. The monoisotopic (exact) mass is 341 g/mol. The van der Waals surface area contributed by atoms with Gasteiger partial charge in [-0.05, 0) is 27.9 Å². The number of hydrogen-bond donors (Lipinski definition) is 1. The molecule has 1 heterocycles. The highest BCUT2D eigenvalue weighted by Gasteiger charge is 2.11. The van der Waals surface area contributed by atoms with E-state index in [9.17, 15) is 8.42 Å². The molecule has 5 nitrogen and oxygen atoms in total. The van der Waals surface area contributed by atoms with Gasteiger partial charge in [0.1, 0.15) is 4.60 Å². The second kappa shape index (κ2) is 6.12. The predicted octanol–water partition coefficient (Wildman–Crippen LogP) is 2.22. The first-order chi connectivity index (χ1) is 9.05. The molecule has 0 fully saturated rings. The molecule has 0 spiro atoms. The van der Waals surface area contributed by atoms with Crippen LogP contribution in [0.4, 0.5) is 5.82 Å². The molecule has 0 saturated heterocycles. The normalized spacial score (nSPS) is 11.2. The molecular formula is C12H12BrN3O2S.